The third kappa shape index (κ3) is 2.66. The number of thiophene rings is 1. The molecular weight excluding hydrogens is 298 g/mol. The lowest BCUT2D eigenvalue weighted by Crippen LogP contribution is -2.12. The minimum absolute atomic E-state index is 0.0381. The van der Waals surface area contributed by atoms with Crippen LogP contribution in [0.5, 0.6) is 0 Å². The Bertz CT molecular complexity index is 688. The van der Waals surface area contributed by atoms with Crippen LogP contribution in [0.25, 0.3) is 0 Å². The summed E-state index contributed by atoms with van der Waals surface area (Å²) in [6.45, 7) is 1.64. The van der Waals surface area contributed by atoms with Crippen molar-refractivity contribution in [3.63, 3.8) is 0 Å². The number of aromatic carboxylic acids is 1. The SMILES string of the molecule is Cc1nsc(NS(=O)(=O)c2csc(C(=O)O)c2)n1. The minimum Gasteiger partial charge on any atom is -0.477 e. The van der Waals surface area contributed by atoms with Crippen molar-refractivity contribution in [2.45, 2.75) is 11.8 Å². The van der Waals surface area contributed by atoms with Crippen molar-refractivity contribution in [3.05, 3.63) is 22.1 Å². The van der Waals surface area contributed by atoms with E-state index in [-0.39, 0.29) is 14.9 Å². The summed E-state index contributed by atoms with van der Waals surface area (Å²) in [5, 5.41) is 10.1. The maximum absolute atomic E-state index is 11.9. The predicted octanol–water partition coefficient (Wildman–Crippen LogP) is 1.41. The van der Waals surface area contributed by atoms with Gasteiger partial charge in [-0.15, -0.1) is 11.3 Å². The summed E-state index contributed by atoms with van der Waals surface area (Å²) in [4.78, 5) is 14.4. The van der Waals surface area contributed by atoms with E-state index in [2.05, 4.69) is 14.1 Å². The van der Waals surface area contributed by atoms with E-state index in [1.807, 2.05) is 0 Å². The van der Waals surface area contributed by atoms with Gasteiger partial charge in [-0.2, -0.15) is 4.37 Å². The third-order valence-corrected chi connectivity index (χ3v) is 5.08. The van der Waals surface area contributed by atoms with Crippen molar-refractivity contribution < 1.29 is 18.3 Å². The molecule has 18 heavy (non-hydrogen) atoms. The van der Waals surface area contributed by atoms with Crippen LogP contribution in [-0.4, -0.2) is 28.9 Å². The van der Waals surface area contributed by atoms with Crippen LogP contribution in [0.2, 0.25) is 0 Å². The van der Waals surface area contributed by atoms with Crippen molar-refractivity contribution >= 4 is 44.0 Å². The van der Waals surface area contributed by atoms with Crippen molar-refractivity contribution in [2.24, 2.45) is 0 Å². The number of hydrogen-bond acceptors (Lipinski definition) is 7. The Balaban J connectivity index is 2.27. The molecule has 0 aliphatic heterocycles. The number of nitrogens with one attached hydrogen (secondary N) is 1. The van der Waals surface area contributed by atoms with Crippen LogP contribution < -0.4 is 4.72 Å². The largest absolute Gasteiger partial charge is 0.477 e. The number of anilines is 1. The van der Waals surface area contributed by atoms with Gasteiger partial charge in [-0.1, -0.05) is 0 Å². The number of carbonyl (C=O) groups is 1. The highest BCUT2D eigenvalue weighted by molar-refractivity contribution is 7.93. The van der Waals surface area contributed by atoms with Gasteiger partial charge in [-0.3, -0.25) is 4.72 Å². The minimum atomic E-state index is -3.81. The lowest BCUT2D eigenvalue weighted by Gasteiger charge is -2.00. The molecule has 0 saturated carbocycles. The number of rotatable bonds is 4. The van der Waals surface area contributed by atoms with Crippen LogP contribution in [0.1, 0.15) is 15.5 Å². The molecule has 0 unspecified atom stereocenters. The zero-order valence-electron chi connectivity index (χ0n) is 8.95. The highest BCUT2D eigenvalue weighted by atomic mass is 32.2. The predicted molar refractivity (Wildman–Crippen MR) is 66.7 cm³/mol. The molecule has 0 aliphatic carbocycles. The Hall–Kier alpha value is -1.52. The first kappa shape index (κ1) is 12.9. The van der Waals surface area contributed by atoms with Gasteiger partial charge in [-0.05, 0) is 13.0 Å². The first-order valence-electron chi connectivity index (χ1n) is 4.53. The van der Waals surface area contributed by atoms with Gasteiger partial charge >= 0.3 is 5.97 Å². The molecular formula is C8H7N3O4S3. The summed E-state index contributed by atoms with van der Waals surface area (Å²) >= 11 is 1.77. The van der Waals surface area contributed by atoms with Gasteiger partial charge in [0.25, 0.3) is 10.0 Å². The molecule has 2 N–H and O–H groups in total. The third-order valence-electron chi connectivity index (χ3n) is 1.85. The molecule has 0 saturated heterocycles. The zero-order chi connectivity index (χ0) is 13.3. The molecule has 96 valence electrons. The number of sulfonamides is 1. The normalized spacial score (nSPS) is 11.4. The van der Waals surface area contributed by atoms with E-state index in [0.29, 0.717) is 5.82 Å². The standard InChI is InChI=1S/C8H7N3O4S3/c1-4-9-8(17-10-4)11-18(14,15)5-2-6(7(12)13)16-3-5/h2-3H,1H3,(H,12,13)(H,9,10,11). The van der Waals surface area contributed by atoms with E-state index in [1.165, 1.54) is 5.38 Å². The Morgan fingerprint density at radius 3 is 2.72 bits per heavy atom. The van der Waals surface area contributed by atoms with Crippen LogP contribution in [0.15, 0.2) is 16.3 Å². The van der Waals surface area contributed by atoms with Crippen molar-refractivity contribution in [2.75, 3.05) is 4.72 Å². The summed E-state index contributed by atoms with van der Waals surface area (Å²) in [6.07, 6.45) is 0. The zero-order valence-corrected chi connectivity index (χ0v) is 11.4. The molecule has 0 amide bonds. The second-order valence-corrected chi connectivity index (χ2v) is 6.55. The lowest BCUT2D eigenvalue weighted by molar-refractivity contribution is 0.0702. The smallest absolute Gasteiger partial charge is 0.345 e. The number of aryl methyl sites for hydroxylation is 1. The Morgan fingerprint density at radius 2 is 2.22 bits per heavy atom. The van der Waals surface area contributed by atoms with E-state index < -0.39 is 16.0 Å². The monoisotopic (exact) mass is 305 g/mol. The number of carboxylic acids is 1. The van der Waals surface area contributed by atoms with Crippen LogP contribution in [0.3, 0.4) is 0 Å². The summed E-state index contributed by atoms with van der Waals surface area (Å²) in [6, 6.07) is 1.10. The molecule has 0 aliphatic rings. The molecule has 2 heterocycles. The summed E-state index contributed by atoms with van der Waals surface area (Å²) in [5.74, 6) is -0.692. The van der Waals surface area contributed by atoms with Crippen LogP contribution in [0.4, 0.5) is 5.13 Å². The van der Waals surface area contributed by atoms with Crippen molar-refractivity contribution in [1.82, 2.24) is 9.36 Å². The molecule has 0 aromatic carbocycles. The molecule has 0 spiro atoms. The van der Waals surface area contributed by atoms with Crippen molar-refractivity contribution in [1.29, 1.82) is 0 Å². The van der Waals surface area contributed by atoms with E-state index in [1.54, 1.807) is 6.92 Å². The van der Waals surface area contributed by atoms with Gasteiger partial charge in [-0.25, -0.2) is 18.2 Å². The maximum atomic E-state index is 11.9. The lowest BCUT2D eigenvalue weighted by atomic mass is 10.5. The molecule has 10 heteroatoms. The first-order valence-corrected chi connectivity index (χ1v) is 7.67. The number of hydrogen-bond donors (Lipinski definition) is 2. The first-order chi connectivity index (χ1) is 8.38. The van der Waals surface area contributed by atoms with Crippen LogP contribution in [0, 0.1) is 6.92 Å². The second-order valence-electron chi connectivity index (χ2n) is 3.20. The molecule has 2 aromatic heterocycles. The molecule has 0 radical (unpaired) electrons. The van der Waals surface area contributed by atoms with Gasteiger partial charge in [0.2, 0.25) is 5.13 Å². The molecule has 0 bridgehead atoms. The maximum Gasteiger partial charge on any atom is 0.345 e. The van der Waals surface area contributed by atoms with Gasteiger partial charge in [0.1, 0.15) is 10.7 Å². The van der Waals surface area contributed by atoms with Gasteiger partial charge in [0.15, 0.2) is 0 Å². The van der Waals surface area contributed by atoms with Gasteiger partial charge in [0, 0.05) is 16.9 Å². The highest BCUT2D eigenvalue weighted by Gasteiger charge is 2.20. The van der Waals surface area contributed by atoms with Crippen LogP contribution in [-0.2, 0) is 10.0 Å². The second kappa shape index (κ2) is 4.63. The Kier molecular flexibility index (Phi) is 3.32. The molecule has 0 atom stereocenters. The average molecular weight is 305 g/mol. The Labute approximate surface area is 110 Å². The molecule has 2 aromatic rings. The van der Waals surface area contributed by atoms with Crippen LogP contribution >= 0.6 is 22.9 Å². The molecule has 0 fully saturated rings. The quantitative estimate of drug-likeness (QED) is 0.883. The fourth-order valence-electron chi connectivity index (χ4n) is 1.08. The van der Waals surface area contributed by atoms with E-state index >= 15 is 0 Å². The van der Waals surface area contributed by atoms with E-state index in [4.69, 9.17) is 5.11 Å². The van der Waals surface area contributed by atoms with Crippen molar-refractivity contribution in [3.8, 4) is 0 Å². The average Bonchev–Trinajstić information content (AvgIpc) is 2.86. The summed E-state index contributed by atoms with van der Waals surface area (Å²) in [7, 11) is -3.81. The fraction of sp³-hybridized carbons (Fsp3) is 0.125. The molecule has 7 nitrogen and oxygen atoms in total. The Morgan fingerprint density at radius 1 is 1.50 bits per heavy atom. The topological polar surface area (TPSA) is 109 Å². The van der Waals surface area contributed by atoms with E-state index in [9.17, 15) is 13.2 Å². The van der Waals surface area contributed by atoms with Gasteiger partial charge in [0.05, 0.1) is 4.90 Å². The summed E-state index contributed by atoms with van der Waals surface area (Å²) in [5.41, 5.74) is 0. The van der Waals surface area contributed by atoms with E-state index in [0.717, 1.165) is 28.9 Å². The van der Waals surface area contributed by atoms with Gasteiger partial charge < -0.3 is 5.11 Å². The molecule has 2 rings (SSSR count). The fourth-order valence-corrected chi connectivity index (χ4v) is 3.99. The summed E-state index contributed by atoms with van der Waals surface area (Å²) < 4.78 is 29.9. The highest BCUT2D eigenvalue weighted by Crippen LogP contribution is 2.22. The number of carboxylic acid groups (broad SMARTS) is 1. The number of aromatic nitrogens is 2. The number of nitrogens with zero attached hydrogens (tertiary/aromatic N) is 2.